The molecule has 0 aliphatic heterocycles. The minimum absolute atomic E-state index is 0.211. The lowest BCUT2D eigenvalue weighted by Gasteiger charge is -2.41. The molecule has 96 valence electrons. The van der Waals surface area contributed by atoms with E-state index in [1.165, 1.54) is 25.7 Å². The van der Waals surface area contributed by atoms with Gasteiger partial charge in [0.15, 0.2) is 0 Å². The summed E-state index contributed by atoms with van der Waals surface area (Å²) < 4.78 is 0. The number of aliphatic hydroxyl groups excluding tert-OH is 1. The van der Waals surface area contributed by atoms with Crippen LogP contribution in [0, 0.1) is 10.8 Å². The first-order valence-corrected chi connectivity index (χ1v) is 6.72. The molecule has 0 aromatic carbocycles. The van der Waals surface area contributed by atoms with Gasteiger partial charge in [0.05, 0.1) is 0 Å². The molecule has 2 N–H and O–H groups in total. The molecule has 0 heterocycles. The normalized spacial score (nSPS) is 25.7. The van der Waals surface area contributed by atoms with Gasteiger partial charge in [-0.2, -0.15) is 0 Å². The predicted molar refractivity (Wildman–Crippen MR) is 69.5 cm³/mol. The third kappa shape index (κ3) is 4.06. The minimum Gasteiger partial charge on any atom is -0.396 e. The van der Waals surface area contributed by atoms with Gasteiger partial charge in [-0.05, 0) is 30.1 Å². The molecule has 0 bridgehead atoms. The van der Waals surface area contributed by atoms with Crippen molar-refractivity contribution in [2.24, 2.45) is 10.8 Å². The van der Waals surface area contributed by atoms with E-state index in [2.05, 4.69) is 33.0 Å². The third-order valence-corrected chi connectivity index (χ3v) is 4.12. The van der Waals surface area contributed by atoms with Crippen molar-refractivity contribution in [1.82, 2.24) is 5.32 Å². The lowest BCUT2D eigenvalue weighted by atomic mass is 9.73. The summed E-state index contributed by atoms with van der Waals surface area (Å²) in [6.45, 7) is 10.5. The van der Waals surface area contributed by atoms with Crippen molar-refractivity contribution in [2.45, 2.75) is 65.8 Å². The predicted octanol–water partition coefficient (Wildman–Crippen LogP) is 2.95. The highest BCUT2D eigenvalue weighted by molar-refractivity contribution is 4.89. The Labute approximate surface area is 101 Å². The molecule has 1 atom stereocenters. The van der Waals surface area contributed by atoms with Crippen LogP contribution in [0.15, 0.2) is 0 Å². The zero-order valence-electron chi connectivity index (χ0n) is 11.5. The van der Waals surface area contributed by atoms with Gasteiger partial charge in [0, 0.05) is 19.2 Å². The highest BCUT2D eigenvalue weighted by Gasteiger charge is 2.32. The van der Waals surface area contributed by atoms with Crippen molar-refractivity contribution in [1.29, 1.82) is 0 Å². The van der Waals surface area contributed by atoms with Crippen molar-refractivity contribution < 1.29 is 5.11 Å². The fourth-order valence-electron chi connectivity index (χ4n) is 2.66. The molecular formula is C14H29NO. The highest BCUT2D eigenvalue weighted by Crippen LogP contribution is 2.35. The third-order valence-electron chi connectivity index (χ3n) is 4.12. The van der Waals surface area contributed by atoms with Crippen LogP contribution in [-0.2, 0) is 0 Å². The van der Waals surface area contributed by atoms with Crippen molar-refractivity contribution in [3.63, 3.8) is 0 Å². The van der Waals surface area contributed by atoms with E-state index in [-0.39, 0.29) is 5.41 Å². The molecule has 1 unspecified atom stereocenters. The van der Waals surface area contributed by atoms with Gasteiger partial charge < -0.3 is 10.4 Å². The summed E-state index contributed by atoms with van der Waals surface area (Å²) in [6.07, 6.45) is 6.27. The zero-order valence-corrected chi connectivity index (χ0v) is 11.5. The molecule has 0 spiro atoms. The minimum atomic E-state index is 0.211. The first-order chi connectivity index (χ1) is 7.37. The fourth-order valence-corrected chi connectivity index (χ4v) is 2.66. The van der Waals surface area contributed by atoms with Gasteiger partial charge in [0.2, 0.25) is 0 Å². The maximum Gasteiger partial charge on any atom is 0.0436 e. The summed E-state index contributed by atoms with van der Waals surface area (Å²) in [7, 11) is 0. The molecule has 0 saturated heterocycles. The van der Waals surface area contributed by atoms with Crippen LogP contribution in [0.2, 0.25) is 0 Å². The van der Waals surface area contributed by atoms with E-state index in [0.717, 1.165) is 13.0 Å². The van der Waals surface area contributed by atoms with E-state index in [0.29, 0.717) is 18.1 Å². The SMILES string of the molecule is CC(C)(CCO)CNC1CCCCC1(C)C. The number of hydrogen-bond donors (Lipinski definition) is 2. The first-order valence-electron chi connectivity index (χ1n) is 6.72. The molecule has 0 aromatic heterocycles. The summed E-state index contributed by atoms with van der Waals surface area (Å²) in [5, 5.41) is 12.7. The molecule has 1 aliphatic rings. The second-order valence-corrected chi connectivity index (χ2v) is 6.81. The number of hydrogen-bond acceptors (Lipinski definition) is 2. The van der Waals surface area contributed by atoms with Crippen LogP contribution < -0.4 is 5.32 Å². The van der Waals surface area contributed by atoms with Gasteiger partial charge in [0.25, 0.3) is 0 Å². The van der Waals surface area contributed by atoms with Gasteiger partial charge in [-0.1, -0.05) is 40.5 Å². The van der Waals surface area contributed by atoms with Gasteiger partial charge in [-0.15, -0.1) is 0 Å². The lowest BCUT2D eigenvalue weighted by molar-refractivity contribution is 0.141. The molecule has 2 heteroatoms. The van der Waals surface area contributed by atoms with E-state index >= 15 is 0 Å². The Morgan fingerprint density at radius 2 is 2.00 bits per heavy atom. The largest absolute Gasteiger partial charge is 0.396 e. The molecule has 1 fully saturated rings. The summed E-state index contributed by atoms with van der Waals surface area (Å²) in [5.74, 6) is 0. The van der Waals surface area contributed by atoms with Gasteiger partial charge in [-0.3, -0.25) is 0 Å². The van der Waals surface area contributed by atoms with Crippen LogP contribution in [-0.4, -0.2) is 24.3 Å². The topological polar surface area (TPSA) is 32.3 Å². The Hall–Kier alpha value is -0.0800. The first kappa shape index (κ1) is 14.0. The van der Waals surface area contributed by atoms with Gasteiger partial charge in [0.1, 0.15) is 0 Å². The molecule has 16 heavy (non-hydrogen) atoms. The average Bonchev–Trinajstić information content (AvgIpc) is 2.15. The van der Waals surface area contributed by atoms with Gasteiger partial charge in [-0.25, -0.2) is 0 Å². The standard InChI is InChI=1S/C14H29NO/c1-13(2,9-10-16)11-15-12-7-5-6-8-14(12,3)4/h12,15-16H,5-11H2,1-4H3. The van der Waals surface area contributed by atoms with Crippen LogP contribution in [0.4, 0.5) is 0 Å². The fraction of sp³-hybridized carbons (Fsp3) is 1.00. The van der Waals surface area contributed by atoms with Crippen molar-refractivity contribution in [2.75, 3.05) is 13.2 Å². The smallest absolute Gasteiger partial charge is 0.0436 e. The molecule has 0 radical (unpaired) electrons. The van der Waals surface area contributed by atoms with Crippen LogP contribution in [0.25, 0.3) is 0 Å². The average molecular weight is 227 g/mol. The summed E-state index contributed by atoms with van der Waals surface area (Å²) in [4.78, 5) is 0. The van der Waals surface area contributed by atoms with Crippen molar-refractivity contribution in [3.8, 4) is 0 Å². The van der Waals surface area contributed by atoms with Gasteiger partial charge >= 0.3 is 0 Å². The monoisotopic (exact) mass is 227 g/mol. The summed E-state index contributed by atoms with van der Waals surface area (Å²) in [5.41, 5.74) is 0.649. The molecule has 1 rings (SSSR count). The van der Waals surface area contributed by atoms with E-state index in [1.807, 2.05) is 0 Å². The van der Waals surface area contributed by atoms with Crippen LogP contribution in [0.3, 0.4) is 0 Å². The van der Waals surface area contributed by atoms with Crippen LogP contribution in [0.1, 0.15) is 59.8 Å². The summed E-state index contributed by atoms with van der Waals surface area (Å²) in [6, 6.07) is 0.652. The molecular weight excluding hydrogens is 198 g/mol. The zero-order chi connectivity index (χ0) is 12.2. The molecule has 0 aromatic rings. The van der Waals surface area contributed by atoms with Crippen molar-refractivity contribution >= 4 is 0 Å². The van der Waals surface area contributed by atoms with E-state index in [1.54, 1.807) is 0 Å². The number of nitrogens with one attached hydrogen (secondary N) is 1. The molecule has 0 amide bonds. The number of rotatable bonds is 5. The lowest BCUT2D eigenvalue weighted by Crippen LogP contribution is -2.47. The van der Waals surface area contributed by atoms with Crippen LogP contribution in [0.5, 0.6) is 0 Å². The maximum absolute atomic E-state index is 9.01. The second kappa shape index (κ2) is 5.50. The quantitative estimate of drug-likeness (QED) is 0.757. The Kier molecular flexibility index (Phi) is 4.81. The Morgan fingerprint density at radius 1 is 1.31 bits per heavy atom. The maximum atomic E-state index is 9.01. The Balaban J connectivity index is 2.41. The van der Waals surface area contributed by atoms with Crippen molar-refractivity contribution in [3.05, 3.63) is 0 Å². The molecule has 1 aliphatic carbocycles. The molecule has 1 saturated carbocycles. The second-order valence-electron chi connectivity index (χ2n) is 6.81. The van der Waals surface area contributed by atoms with Crippen LogP contribution >= 0.6 is 0 Å². The van der Waals surface area contributed by atoms with E-state index in [4.69, 9.17) is 5.11 Å². The summed E-state index contributed by atoms with van der Waals surface area (Å²) >= 11 is 0. The Bertz CT molecular complexity index is 211. The van der Waals surface area contributed by atoms with E-state index < -0.39 is 0 Å². The number of aliphatic hydroxyl groups is 1. The Morgan fingerprint density at radius 3 is 2.56 bits per heavy atom. The van der Waals surface area contributed by atoms with E-state index in [9.17, 15) is 0 Å². The molecule has 2 nitrogen and oxygen atoms in total. The highest BCUT2D eigenvalue weighted by atomic mass is 16.3.